The molecule has 0 aromatic heterocycles. The lowest BCUT2D eigenvalue weighted by Crippen LogP contribution is -2.16. The topological polar surface area (TPSA) is 34.0 Å². The molecule has 0 amide bonds. The van der Waals surface area contributed by atoms with Crippen molar-refractivity contribution in [3.63, 3.8) is 0 Å². The van der Waals surface area contributed by atoms with Crippen LogP contribution in [0.2, 0.25) is 0 Å². The first-order valence-corrected chi connectivity index (χ1v) is 5.00. The molecule has 0 aromatic carbocycles. The van der Waals surface area contributed by atoms with Crippen molar-refractivity contribution in [3.05, 3.63) is 23.8 Å². The van der Waals surface area contributed by atoms with Crippen LogP contribution in [0.15, 0.2) is 33.9 Å². The summed E-state index contributed by atoms with van der Waals surface area (Å²) in [6, 6.07) is 0. The first-order valence-electron chi connectivity index (χ1n) is 5.00. The van der Waals surface area contributed by atoms with E-state index in [1.807, 2.05) is 19.1 Å². The number of halogens is 3. The predicted octanol–water partition coefficient (Wildman–Crippen LogP) is 3.10. The van der Waals surface area contributed by atoms with Gasteiger partial charge in [-0.3, -0.25) is 0 Å². The number of hydrogen-bond donors (Lipinski definition) is 0. The van der Waals surface area contributed by atoms with Crippen molar-refractivity contribution in [1.29, 1.82) is 0 Å². The number of rotatable bonds is 2. The van der Waals surface area contributed by atoms with Crippen LogP contribution in [0.25, 0.3) is 0 Å². The van der Waals surface area contributed by atoms with Crippen molar-refractivity contribution in [3.8, 4) is 0 Å². The highest BCUT2D eigenvalue weighted by Gasteiger charge is 2.25. The molecule has 0 aliphatic heterocycles. The number of nitrogens with zero attached hydrogens (tertiary/aromatic N) is 2. The van der Waals surface area contributed by atoms with E-state index in [-0.39, 0.29) is 18.0 Å². The van der Waals surface area contributed by atoms with Crippen LogP contribution in [0.5, 0.6) is 0 Å². The molecule has 0 fully saturated rings. The van der Waals surface area contributed by atoms with E-state index in [1.165, 1.54) is 7.11 Å². The molecule has 1 rings (SSSR count). The Bertz CT molecular complexity index is 381. The second-order valence-electron chi connectivity index (χ2n) is 3.58. The highest BCUT2D eigenvalue weighted by atomic mass is 19.4. The molecule has 0 saturated carbocycles. The summed E-state index contributed by atoms with van der Waals surface area (Å²) in [7, 11) is 1.27. The molecular formula is C11H13F3N2O. The molecule has 0 saturated heterocycles. The first kappa shape index (κ1) is 13.5. The van der Waals surface area contributed by atoms with E-state index in [0.717, 1.165) is 5.57 Å². The molecule has 3 nitrogen and oxygen atoms in total. The first-order chi connectivity index (χ1) is 7.92. The minimum atomic E-state index is -4.45. The Morgan fingerprint density at radius 3 is 2.71 bits per heavy atom. The largest absolute Gasteiger partial charge is 0.426 e. The van der Waals surface area contributed by atoms with E-state index >= 15 is 0 Å². The summed E-state index contributed by atoms with van der Waals surface area (Å²) in [4.78, 5) is 7.83. The van der Waals surface area contributed by atoms with Gasteiger partial charge in [0.1, 0.15) is 13.3 Å². The van der Waals surface area contributed by atoms with Gasteiger partial charge in [0.05, 0.1) is 0 Å². The third-order valence-electron chi connectivity index (χ3n) is 2.14. The minimum absolute atomic E-state index is 0.0184. The number of amidine groups is 1. The molecule has 6 heteroatoms. The standard InChI is InChI=1S/C11H13F3N2O/c1-8-3-5-9(6-4-8)10(16-17-2)15-7-11(12,13)14/h3-5,7,9H,6H2,1-2H3/b15-7+,16-10-. The van der Waals surface area contributed by atoms with E-state index in [2.05, 4.69) is 15.0 Å². The molecule has 0 spiro atoms. The second-order valence-corrected chi connectivity index (χ2v) is 3.58. The zero-order chi connectivity index (χ0) is 12.9. The van der Waals surface area contributed by atoms with Crippen LogP contribution in [0.3, 0.4) is 0 Å². The Hall–Kier alpha value is -1.59. The van der Waals surface area contributed by atoms with Crippen molar-refractivity contribution in [2.45, 2.75) is 19.5 Å². The molecule has 1 aliphatic carbocycles. The monoisotopic (exact) mass is 246 g/mol. The fraction of sp³-hybridized carbons (Fsp3) is 0.455. The smallest absolute Gasteiger partial charge is 0.398 e. The van der Waals surface area contributed by atoms with Crippen LogP contribution in [0, 0.1) is 5.92 Å². The van der Waals surface area contributed by atoms with Crippen molar-refractivity contribution in [1.82, 2.24) is 0 Å². The lowest BCUT2D eigenvalue weighted by molar-refractivity contribution is -0.0534. The molecule has 1 aliphatic rings. The summed E-state index contributed by atoms with van der Waals surface area (Å²) >= 11 is 0. The minimum Gasteiger partial charge on any atom is -0.398 e. The average molecular weight is 246 g/mol. The Morgan fingerprint density at radius 2 is 2.24 bits per heavy atom. The van der Waals surface area contributed by atoms with Crippen molar-refractivity contribution < 1.29 is 18.0 Å². The second kappa shape index (κ2) is 5.65. The molecular weight excluding hydrogens is 233 g/mol. The summed E-state index contributed by atoms with van der Waals surface area (Å²) in [6.45, 7) is 1.92. The van der Waals surface area contributed by atoms with Gasteiger partial charge in [-0.25, -0.2) is 4.99 Å². The lowest BCUT2D eigenvalue weighted by atomic mass is 9.96. The summed E-state index contributed by atoms with van der Waals surface area (Å²) in [5.41, 5.74) is 1.07. The lowest BCUT2D eigenvalue weighted by Gasteiger charge is -2.13. The fourth-order valence-corrected chi connectivity index (χ4v) is 1.34. The van der Waals surface area contributed by atoms with Gasteiger partial charge in [-0.05, 0) is 13.3 Å². The van der Waals surface area contributed by atoms with Gasteiger partial charge in [-0.15, -0.1) is 0 Å². The van der Waals surface area contributed by atoms with E-state index in [9.17, 15) is 13.2 Å². The summed E-state index contributed by atoms with van der Waals surface area (Å²) in [5, 5.41) is 3.51. The summed E-state index contributed by atoms with van der Waals surface area (Å²) in [5.74, 6) is -0.262. The zero-order valence-corrected chi connectivity index (χ0v) is 9.53. The van der Waals surface area contributed by atoms with Crippen LogP contribution in [0.1, 0.15) is 13.3 Å². The Balaban J connectivity index is 2.79. The van der Waals surface area contributed by atoms with Crippen LogP contribution >= 0.6 is 0 Å². The Labute approximate surface area is 97.4 Å². The van der Waals surface area contributed by atoms with E-state index in [0.29, 0.717) is 6.42 Å². The summed E-state index contributed by atoms with van der Waals surface area (Å²) < 4.78 is 36.0. The van der Waals surface area contributed by atoms with Gasteiger partial charge in [0.15, 0.2) is 5.84 Å². The van der Waals surface area contributed by atoms with Gasteiger partial charge in [-0.1, -0.05) is 29.0 Å². The van der Waals surface area contributed by atoms with Gasteiger partial charge in [0.2, 0.25) is 0 Å². The molecule has 0 heterocycles. The highest BCUT2D eigenvalue weighted by Crippen LogP contribution is 2.19. The van der Waals surface area contributed by atoms with Crippen LogP contribution in [0.4, 0.5) is 13.2 Å². The Kier molecular flexibility index (Phi) is 4.48. The fourth-order valence-electron chi connectivity index (χ4n) is 1.34. The molecule has 1 unspecified atom stereocenters. The third kappa shape index (κ3) is 4.84. The Morgan fingerprint density at radius 1 is 1.53 bits per heavy atom. The van der Waals surface area contributed by atoms with E-state index < -0.39 is 6.18 Å². The molecule has 1 atom stereocenters. The predicted molar refractivity (Wildman–Crippen MR) is 60.0 cm³/mol. The number of allylic oxidation sites excluding steroid dienone is 3. The maximum Gasteiger partial charge on any atom is 0.426 e. The average Bonchev–Trinajstić information content (AvgIpc) is 2.24. The molecule has 0 N–H and O–H groups in total. The van der Waals surface area contributed by atoms with Crippen LogP contribution in [-0.4, -0.2) is 25.3 Å². The van der Waals surface area contributed by atoms with Crippen molar-refractivity contribution in [2.24, 2.45) is 16.1 Å². The molecule has 17 heavy (non-hydrogen) atoms. The normalized spacial score (nSPS) is 21.8. The SMILES string of the molecule is CO/N=C(\N=C\C(F)(F)F)C1C=CC(C)=CC1. The molecule has 0 radical (unpaired) electrons. The van der Waals surface area contributed by atoms with Gasteiger partial charge in [0, 0.05) is 5.92 Å². The summed E-state index contributed by atoms with van der Waals surface area (Å²) in [6.07, 6.45) is 1.55. The van der Waals surface area contributed by atoms with Crippen LogP contribution in [-0.2, 0) is 4.84 Å². The maximum absolute atomic E-state index is 12.0. The van der Waals surface area contributed by atoms with E-state index in [1.54, 1.807) is 6.08 Å². The quantitative estimate of drug-likeness (QED) is 0.418. The van der Waals surface area contributed by atoms with Gasteiger partial charge < -0.3 is 4.84 Å². The van der Waals surface area contributed by atoms with Crippen molar-refractivity contribution >= 4 is 12.1 Å². The number of hydrogen-bond acceptors (Lipinski definition) is 2. The van der Waals surface area contributed by atoms with Gasteiger partial charge in [-0.2, -0.15) is 13.2 Å². The van der Waals surface area contributed by atoms with Gasteiger partial charge >= 0.3 is 6.18 Å². The number of oxime groups is 1. The molecule has 0 aromatic rings. The zero-order valence-electron chi connectivity index (χ0n) is 9.53. The molecule has 0 bridgehead atoms. The number of alkyl halides is 3. The maximum atomic E-state index is 12.0. The highest BCUT2D eigenvalue weighted by molar-refractivity contribution is 5.93. The number of aliphatic imine (C=N–C) groups is 1. The van der Waals surface area contributed by atoms with Crippen molar-refractivity contribution in [2.75, 3.05) is 7.11 Å². The van der Waals surface area contributed by atoms with Gasteiger partial charge in [0.25, 0.3) is 0 Å². The molecule has 94 valence electrons. The third-order valence-corrected chi connectivity index (χ3v) is 2.14. The van der Waals surface area contributed by atoms with E-state index in [4.69, 9.17) is 0 Å². The van der Waals surface area contributed by atoms with Crippen LogP contribution < -0.4 is 0 Å².